The van der Waals surface area contributed by atoms with Crippen LogP contribution in [0.4, 0.5) is 0 Å². The summed E-state index contributed by atoms with van der Waals surface area (Å²) in [5.74, 6) is 3.95. The first-order valence-electron chi connectivity index (χ1n) is 14.4. The van der Waals surface area contributed by atoms with E-state index in [4.69, 9.17) is 28.7 Å². The zero-order chi connectivity index (χ0) is 28.8. The van der Waals surface area contributed by atoms with E-state index in [2.05, 4.69) is 53.2 Å². The Labute approximate surface area is 269 Å². The Bertz CT molecular complexity index is 1960. The lowest BCUT2D eigenvalue weighted by Gasteiger charge is -2.18. The Morgan fingerprint density at radius 2 is 1.73 bits per heavy atom. The second kappa shape index (κ2) is 12.0. The molecular weight excluding hydrogens is 640 g/mol. The van der Waals surface area contributed by atoms with Crippen LogP contribution in [0.2, 0.25) is 0 Å². The molecule has 0 fully saturated rings. The molecule has 2 aliphatic rings. The van der Waals surface area contributed by atoms with E-state index in [1.54, 1.807) is 18.4 Å². The maximum Gasteiger partial charge on any atom is 0.231 e. The predicted octanol–water partition coefficient (Wildman–Crippen LogP) is 4.22. The third-order valence-corrected chi connectivity index (χ3v) is 9.08. The van der Waals surface area contributed by atoms with Crippen LogP contribution in [-0.4, -0.2) is 32.1 Å². The van der Waals surface area contributed by atoms with Crippen molar-refractivity contribution < 1.29 is 45.2 Å². The highest BCUT2D eigenvalue weighted by molar-refractivity contribution is 7.21. The quantitative estimate of drug-likeness (QED) is 0.179. The van der Waals surface area contributed by atoms with E-state index in [1.807, 2.05) is 36.4 Å². The number of halogens is 1. The van der Waals surface area contributed by atoms with Gasteiger partial charge in [-0.3, -0.25) is 0 Å². The van der Waals surface area contributed by atoms with Gasteiger partial charge in [-0.15, -0.1) is 11.3 Å². The van der Waals surface area contributed by atoms with Crippen molar-refractivity contribution in [2.24, 2.45) is 0 Å². The Morgan fingerprint density at radius 1 is 0.909 bits per heavy atom. The largest absolute Gasteiger partial charge is 1.00 e. The van der Waals surface area contributed by atoms with Crippen molar-refractivity contribution in [2.45, 2.75) is 19.4 Å². The van der Waals surface area contributed by atoms with Gasteiger partial charge in [-0.1, -0.05) is 12.1 Å². The number of benzene rings is 4. The first-order chi connectivity index (χ1) is 21.2. The average molecular weight is 670 g/mol. The molecule has 0 aliphatic carbocycles. The fourth-order valence-electron chi connectivity index (χ4n) is 5.82. The summed E-state index contributed by atoms with van der Waals surface area (Å²) >= 11 is 1.70. The lowest BCUT2D eigenvalue weighted by Crippen LogP contribution is -3.00. The van der Waals surface area contributed by atoms with Crippen LogP contribution in [0.1, 0.15) is 12.0 Å². The molecule has 2 aliphatic heterocycles. The van der Waals surface area contributed by atoms with Crippen molar-refractivity contribution in [3.8, 4) is 50.6 Å². The van der Waals surface area contributed by atoms with Gasteiger partial charge in [-0.05, 0) is 71.6 Å². The molecule has 7 nitrogen and oxygen atoms in total. The molecule has 4 aromatic carbocycles. The van der Waals surface area contributed by atoms with E-state index in [9.17, 15) is 0 Å². The van der Waals surface area contributed by atoms with Gasteiger partial charge in [-0.2, -0.15) is 4.57 Å². The zero-order valence-corrected chi connectivity index (χ0v) is 26.4. The van der Waals surface area contributed by atoms with E-state index in [0.29, 0.717) is 13.2 Å². The van der Waals surface area contributed by atoms with Gasteiger partial charge in [0.05, 0.1) is 41.5 Å². The minimum Gasteiger partial charge on any atom is -1.00 e. The minimum atomic E-state index is 0. The summed E-state index contributed by atoms with van der Waals surface area (Å²) in [4.78, 5) is 4.75. The first-order valence-corrected chi connectivity index (χ1v) is 15.2. The number of rotatable bonds is 8. The lowest BCUT2D eigenvalue weighted by molar-refractivity contribution is -0.686. The number of thiazole rings is 1. The van der Waals surface area contributed by atoms with E-state index >= 15 is 0 Å². The summed E-state index contributed by atoms with van der Waals surface area (Å²) in [6.45, 7) is 2.21. The number of fused-ring (bicyclic) bond motifs is 6. The van der Waals surface area contributed by atoms with Crippen LogP contribution in [0.15, 0.2) is 85.1 Å². The van der Waals surface area contributed by atoms with Crippen LogP contribution in [0.25, 0.3) is 42.8 Å². The van der Waals surface area contributed by atoms with E-state index in [1.165, 1.54) is 15.8 Å². The molecule has 0 spiro atoms. The fourth-order valence-corrected chi connectivity index (χ4v) is 6.79. The minimum absolute atomic E-state index is 0. The Hall–Kier alpha value is -4.34. The molecule has 6 aromatic rings. The van der Waals surface area contributed by atoms with Crippen LogP contribution in [0.3, 0.4) is 0 Å². The molecule has 9 heteroatoms. The van der Waals surface area contributed by atoms with Crippen LogP contribution in [0, 0.1) is 0 Å². The summed E-state index contributed by atoms with van der Waals surface area (Å²) < 4.78 is 32.8. The number of ether oxygens (including phenoxy) is 5. The number of methoxy groups -OCH3 is 1. The Morgan fingerprint density at radius 3 is 2.57 bits per heavy atom. The fraction of sp³-hybridized carbons (Fsp3) is 0.200. The van der Waals surface area contributed by atoms with Crippen molar-refractivity contribution in [2.75, 3.05) is 27.1 Å². The van der Waals surface area contributed by atoms with Crippen LogP contribution in [0.5, 0.6) is 28.7 Å². The molecular formula is C35H29BrN2O5S. The standard InChI is InChI=1S/C35H29N2O5S.BrH/c1-38-30-12-9-23-17-29-26-19-32-31(41-21-42-32)18-24(26)13-14-37(29)20-27(23)34(30)40-16-4-15-39-25-10-7-22(8-11-25)35-36-28-5-2-3-6-33(28)43-35;/h2-3,5-12,17-20H,4,13-16,21H2,1H3;1H/q+1;/p-1. The third-order valence-electron chi connectivity index (χ3n) is 8.00. The number of nitrogens with zero attached hydrogens (tertiary/aromatic N) is 2. The molecule has 0 radical (unpaired) electrons. The molecule has 0 saturated heterocycles. The summed E-state index contributed by atoms with van der Waals surface area (Å²) in [7, 11) is 1.68. The van der Waals surface area contributed by atoms with Crippen molar-refractivity contribution in [3.05, 3.63) is 90.6 Å². The Balaban J connectivity index is 0.00000312. The summed E-state index contributed by atoms with van der Waals surface area (Å²) in [6.07, 6.45) is 3.84. The van der Waals surface area contributed by atoms with Crippen LogP contribution in [-0.2, 0) is 13.0 Å². The normalized spacial score (nSPS) is 12.8. The van der Waals surface area contributed by atoms with Gasteiger partial charge in [-0.25, -0.2) is 4.98 Å². The number of aromatic nitrogens is 2. The summed E-state index contributed by atoms with van der Waals surface area (Å²) in [5, 5.41) is 3.14. The van der Waals surface area contributed by atoms with Crippen molar-refractivity contribution in [3.63, 3.8) is 0 Å². The third kappa shape index (κ3) is 5.20. The maximum atomic E-state index is 6.34. The molecule has 0 atom stereocenters. The van der Waals surface area contributed by atoms with Crippen molar-refractivity contribution in [1.29, 1.82) is 0 Å². The molecule has 0 unspecified atom stereocenters. The molecule has 8 rings (SSSR count). The smallest absolute Gasteiger partial charge is 0.231 e. The van der Waals surface area contributed by atoms with E-state index in [-0.39, 0.29) is 23.8 Å². The van der Waals surface area contributed by atoms with E-state index in [0.717, 1.165) is 80.7 Å². The van der Waals surface area contributed by atoms with Gasteiger partial charge in [0.2, 0.25) is 12.5 Å². The zero-order valence-electron chi connectivity index (χ0n) is 24.0. The molecule has 0 saturated carbocycles. The average Bonchev–Trinajstić information content (AvgIpc) is 3.70. The number of pyridine rings is 1. The second-order valence-corrected chi connectivity index (χ2v) is 11.7. The number of hydrogen-bond donors (Lipinski definition) is 0. The molecule has 44 heavy (non-hydrogen) atoms. The topological polar surface area (TPSA) is 62.9 Å². The molecule has 0 amide bonds. The highest BCUT2D eigenvalue weighted by Crippen LogP contribution is 2.42. The molecule has 222 valence electrons. The van der Waals surface area contributed by atoms with Crippen molar-refractivity contribution >= 4 is 32.3 Å². The van der Waals surface area contributed by atoms with Crippen LogP contribution < -0.4 is 45.2 Å². The lowest BCUT2D eigenvalue weighted by atomic mass is 9.95. The summed E-state index contributed by atoms with van der Waals surface area (Å²) in [6, 6.07) is 26.9. The van der Waals surface area contributed by atoms with Gasteiger partial charge in [0, 0.05) is 24.5 Å². The second-order valence-electron chi connectivity index (χ2n) is 10.6. The Kier molecular flexibility index (Phi) is 7.74. The summed E-state index contributed by atoms with van der Waals surface area (Å²) in [5.41, 5.74) is 5.74. The maximum absolute atomic E-state index is 6.34. The molecule has 2 aromatic heterocycles. The first kappa shape index (κ1) is 28.4. The highest BCUT2D eigenvalue weighted by atomic mass is 79.9. The predicted molar refractivity (Wildman–Crippen MR) is 167 cm³/mol. The number of para-hydroxylation sites is 1. The monoisotopic (exact) mass is 668 g/mol. The van der Waals surface area contributed by atoms with Crippen LogP contribution >= 0.6 is 11.3 Å². The molecule has 4 heterocycles. The highest BCUT2D eigenvalue weighted by Gasteiger charge is 2.28. The SMILES string of the molecule is COc1ccc2cc3[n+](cc2c1OCCCOc1ccc(-c2nc4ccccc4s2)cc1)CCc1cc2c(cc1-3)OCO2.[Br-]. The number of aryl methyl sites for hydroxylation is 2. The van der Waals surface area contributed by atoms with Gasteiger partial charge in [0.15, 0.2) is 35.7 Å². The van der Waals surface area contributed by atoms with Gasteiger partial charge >= 0.3 is 0 Å². The van der Waals surface area contributed by atoms with Crippen molar-refractivity contribution in [1.82, 2.24) is 4.98 Å². The number of hydrogen-bond acceptors (Lipinski definition) is 7. The van der Waals surface area contributed by atoms with E-state index < -0.39 is 0 Å². The van der Waals surface area contributed by atoms with Gasteiger partial charge < -0.3 is 40.7 Å². The van der Waals surface area contributed by atoms with Gasteiger partial charge in [0.25, 0.3) is 0 Å². The molecule has 0 bridgehead atoms. The molecule has 0 N–H and O–H groups in total. The van der Waals surface area contributed by atoms with Gasteiger partial charge in [0.1, 0.15) is 10.8 Å².